The van der Waals surface area contributed by atoms with Crippen LogP contribution in [0.2, 0.25) is 5.02 Å². The van der Waals surface area contributed by atoms with E-state index >= 15 is 0 Å². The van der Waals surface area contributed by atoms with Crippen molar-refractivity contribution in [2.75, 3.05) is 0 Å². The highest BCUT2D eigenvalue weighted by atomic mass is 35.5. The lowest BCUT2D eigenvalue weighted by Gasteiger charge is -2.16. The highest BCUT2D eigenvalue weighted by molar-refractivity contribution is 6.30. The minimum absolute atomic E-state index is 0.0398. The molecule has 26 heavy (non-hydrogen) atoms. The van der Waals surface area contributed by atoms with Crippen molar-refractivity contribution in [2.24, 2.45) is 0 Å². The van der Waals surface area contributed by atoms with Crippen molar-refractivity contribution >= 4 is 28.4 Å². The van der Waals surface area contributed by atoms with Crippen LogP contribution in [-0.2, 0) is 17.8 Å². The third-order valence-electron chi connectivity index (χ3n) is 4.87. The molecule has 1 aromatic heterocycles. The summed E-state index contributed by atoms with van der Waals surface area (Å²) in [7, 11) is 0. The van der Waals surface area contributed by atoms with Crippen molar-refractivity contribution in [3.63, 3.8) is 0 Å². The first kappa shape index (κ1) is 16.8. The zero-order chi connectivity index (χ0) is 18.3. The van der Waals surface area contributed by atoms with Gasteiger partial charge in [-0.3, -0.25) is 14.2 Å². The molecule has 0 unspecified atom stereocenters. The highest BCUT2D eigenvalue weighted by Crippen LogP contribution is 2.32. The predicted octanol–water partition coefficient (Wildman–Crippen LogP) is 3.16. The number of aryl methyl sites for hydroxylation is 2. The number of hydrogen-bond acceptors (Lipinski definition) is 3. The minimum Gasteiger partial charge on any atom is -0.348 e. The number of nitrogens with zero attached hydrogens (tertiary/aromatic N) is 2. The molecule has 1 aliphatic carbocycles. The van der Waals surface area contributed by atoms with E-state index in [2.05, 4.69) is 10.3 Å². The average Bonchev–Trinajstić information content (AvgIpc) is 3.00. The quantitative estimate of drug-likeness (QED) is 0.773. The second-order valence-electron chi connectivity index (χ2n) is 6.57. The van der Waals surface area contributed by atoms with Gasteiger partial charge in [-0.1, -0.05) is 29.8 Å². The number of rotatable bonds is 3. The molecule has 1 aliphatic rings. The van der Waals surface area contributed by atoms with Gasteiger partial charge in [-0.25, -0.2) is 4.98 Å². The van der Waals surface area contributed by atoms with E-state index in [-0.39, 0.29) is 24.1 Å². The Morgan fingerprint density at radius 2 is 2.12 bits per heavy atom. The van der Waals surface area contributed by atoms with Crippen LogP contribution in [0.5, 0.6) is 0 Å². The van der Waals surface area contributed by atoms with Crippen LogP contribution in [0.25, 0.3) is 10.9 Å². The van der Waals surface area contributed by atoms with Gasteiger partial charge in [-0.05, 0) is 55.2 Å². The van der Waals surface area contributed by atoms with Crippen LogP contribution in [0.4, 0.5) is 0 Å². The third kappa shape index (κ3) is 2.99. The fourth-order valence-corrected chi connectivity index (χ4v) is 3.78. The smallest absolute Gasteiger partial charge is 0.261 e. The van der Waals surface area contributed by atoms with Gasteiger partial charge in [0.05, 0.1) is 16.9 Å². The molecule has 0 aliphatic heterocycles. The van der Waals surface area contributed by atoms with Crippen molar-refractivity contribution in [1.82, 2.24) is 14.9 Å². The lowest BCUT2D eigenvalue weighted by molar-refractivity contribution is -0.122. The number of halogens is 1. The maximum Gasteiger partial charge on any atom is 0.261 e. The molecule has 0 fully saturated rings. The number of para-hydroxylation sites is 1. The van der Waals surface area contributed by atoms with Gasteiger partial charge in [0.15, 0.2) is 0 Å². The SMILES string of the molecule is Cc1nc2ccccc2c(=O)n1CC(=O)N[C@H]1CCc2cc(Cl)ccc21. The van der Waals surface area contributed by atoms with Crippen LogP contribution in [0.1, 0.15) is 29.4 Å². The van der Waals surface area contributed by atoms with E-state index in [1.165, 1.54) is 10.1 Å². The second kappa shape index (κ2) is 6.57. The van der Waals surface area contributed by atoms with E-state index < -0.39 is 0 Å². The lowest BCUT2D eigenvalue weighted by atomic mass is 10.1. The normalized spacial score (nSPS) is 15.8. The van der Waals surface area contributed by atoms with Gasteiger partial charge in [-0.2, -0.15) is 0 Å². The molecule has 1 amide bonds. The highest BCUT2D eigenvalue weighted by Gasteiger charge is 2.24. The number of fused-ring (bicyclic) bond motifs is 2. The monoisotopic (exact) mass is 367 g/mol. The molecule has 1 atom stereocenters. The zero-order valence-corrected chi connectivity index (χ0v) is 15.1. The minimum atomic E-state index is -0.194. The van der Waals surface area contributed by atoms with E-state index in [0.29, 0.717) is 21.7 Å². The summed E-state index contributed by atoms with van der Waals surface area (Å²) in [6.45, 7) is 1.70. The first-order valence-corrected chi connectivity index (χ1v) is 8.94. The Morgan fingerprint density at radius 1 is 1.31 bits per heavy atom. The molecule has 3 aromatic rings. The summed E-state index contributed by atoms with van der Waals surface area (Å²) in [6, 6.07) is 12.9. The fraction of sp³-hybridized carbons (Fsp3) is 0.250. The Morgan fingerprint density at radius 3 is 2.96 bits per heavy atom. The molecule has 0 saturated heterocycles. The fourth-order valence-electron chi connectivity index (χ4n) is 3.58. The summed E-state index contributed by atoms with van der Waals surface area (Å²) in [4.78, 5) is 29.7. The van der Waals surface area contributed by atoms with Gasteiger partial charge in [0.25, 0.3) is 5.56 Å². The van der Waals surface area contributed by atoms with Gasteiger partial charge in [0.1, 0.15) is 12.4 Å². The van der Waals surface area contributed by atoms with Gasteiger partial charge >= 0.3 is 0 Å². The molecule has 5 nitrogen and oxygen atoms in total. The van der Waals surface area contributed by atoms with E-state index in [1.807, 2.05) is 24.3 Å². The van der Waals surface area contributed by atoms with E-state index in [9.17, 15) is 9.59 Å². The van der Waals surface area contributed by atoms with Crippen molar-refractivity contribution in [3.05, 3.63) is 74.8 Å². The van der Waals surface area contributed by atoms with Crippen LogP contribution < -0.4 is 10.9 Å². The van der Waals surface area contributed by atoms with Crippen molar-refractivity contribution in [3.8, 4) is 0 Å². The molecule has 0 spiro atoms. The summed E-state index contributed by atoms with van der Waals surface area (Å²) in [6.07, 6.45) is 1.72. The summed E-state index contributed by atoms with van der Waals surface area (Å²) >= 11 is 6.03. The predicted molar refractivity (Wildman–Crippen MR) is 101 cm³/mol. The summed E-state index contributed by atoms with van der Waals surface area (Å²) < 4.78 is 1.43. The lowest BCUT2D eigenvalue weighted by Crippen LogP contribution is -2.35. The molecule has 0 bridgehead atoms. The molecule has 6 heteroatoms. The Labute approximate surface area is 155 Å². The average molecular weight is 368 g/mol. The van der Waals surface area contributed by atoms with Crippen LogP contribution in [0, 0.1) is 6.92 Å². The van der Waals surface area contributed by atoms with Gasteiger partial charge in [0.2, 0.25) is 5.91 Å². The number of hydrogen-bond donors (Lipinski definition) is 1. The second-order valence-corrected chi connectivity index (χ2v) is 7.01. The standard InChI is InChI=1S/C20H18ClN3O2/c1-12-22-17-5-3-2-4-16(17)20(26)24(12)11-19(25)23-18-9-6-13-10-14(21)7-8-15(13)18/h2-5,7-8,10,18H,6,9,11H2,1H3,(H,23,25)/t18-/m0/s1. The molecule has 4 rings (SSSR count). The molecule has 132 valence electrons. The van der Waals surface area contributed by atoms with Crippen LogP contribution in [0.3, 0.4) is 0 Å². The van der Waals surface area contributed by atoms with E-state index in [1.54, 1.807) is 25.1 Å². The molecule has 1 heterocycles. The Hall–Kier alpha value is -2.66. The van der Waals surface area contributed by atoms with E-state index in [0.717, 1.165) is 18.4 Å². The van der Waals surface area contributed by atoms with Crippen LogP contribution in [0.15, 0.2) is 47.3 Å². The van der Waals surface area contributed by atoms with Gasteiger partial charge < -0.3 is 5.32 Å². The summed E-state index contributed by atoms with van der Waals surface area (Å²) in [5.74, 6) is 0.336. The van der Waals surface area contributed by atoms with E-state index in [4.69, 9.17) is 11.6 Å². The number of amides is 1. The number of carbonyl (C=O) groups excluding carboxylic acids is 1. The maximum absolute atomic E-state index is 12.7. The van der Waals surface area contributed by atoms with Gasteiger partial charge in [0, 0.05) is 5.02 Å². The van der Waals surface area contributed by atoms with Crippen molar-refractivity contribution in [2.45, 2.75) is 32.4 Å². The van der Waals surface area contributed by atoms with Crippen molar-refractivity contribution in [1.29, 1.82) is 0 Å². The zero-order valence-electron chi connectivity index (χ0n) is 14.3. The third-order valence-corrected chi connectivity index (χ3v) is 5.11. The topological polar surface area (TPSA) is 64.0 Å². The summed E-state index contributed by atoms with van der Waals surface area (Å²) in [5, 5.41) is 4.26. The van der Waals surface area contributed by atoms with Crippen LogP contribution in [-0.4, -0.2) is 15.5 Å². The molecule has 0 radical (unpaired) electrons. The molecular weight excluding hydrogens is 350 g/mol. The first-order chi connectivity index (χ1) is 12.5. The Bertz CT molecular complexity index is 1070. The molecule has 1 N–H and O–H groups in total. The number of carbonyl (C=O) groups is 1. The molecule has 0 saturated carbocycles. The Balaban J connectivity index is 1.57. The number of aromatic nitrogens is 2. The first-order valence-electron chi connectivity index (χ1n) is 8.57. The maximum atomic E-state index is 12.7. The molecular formula is C20H18ClN3O2. The van der Waals surface area contributed by atoms with Gasteiger partial charge in [-0.15, -0.1) is 0 Å². The number of benzene rings is 2. The van der Waals surface area contributed by atoms with Crippen molar-refractivity contribution < 1.29 is 4.79 Å². The molecule has 2 aromatic carbocycles. The number of nitrogens with one attached hydrogen (secondary N) is 1. The summed E-state index contributed by atoms with van der Waals surface area (Å²) in [5.41, 5.74) is 2.72. The Kier molecular flexibility index (Phi) is 4.24. The largest absolute Gasteiger partial charge is 0.348 e. The van der Waals surface area contributed by atoms with Crippen LogP contribution >= 0.6 is 11.6 Å².